The topological polar surface area (TPSA) is 184 Å². The lowest BCUT2D eigenvalue weighted by Gasteiger charge is -2.02. The van der Waals surface area contributed by atoms with Gasteiger partial charge in [-0.2, -0.15) is 29.8 Å². The number of ether oxygens (including phenoxy) is 2. The van der Waals surface area contributed by atoms with Gasteiger partial charge in [-0.25, -0.2) is 19.0 Å². The molecule has 0 atom stereocenters. The first kappa shape index (κ1) is 35.4. The minimum atomic E-state index is -0.359. The van der Waals surface area contributed by atoms with Crippen LogP contribution in [0, 0.1) is 13.8 Å². The summed E-state index contributed by atoms with van der Waals surface area (Å²) in [7, 11) is 3.21. The molecule has 0 N–H and O–H groups in total. The van der Waals surface area contributed by atoms with E-state index in [4.69, 9.17) is 9.47 Å². The van der Waals surface area contributed by atoms with Crippen LogP contribution in [0.3, 0.4) is 0 Å². The average molecular weight is 709 g/mol. The van der Waals surface area contributed by atoms with E-state index < -0.39 is 0 Å². The summed E-state index contributed by atoms with van der Waals surface area (Å²) in [6, 6.07) is 14.7. The van der Waals surface area contributed by atoms with Crippen molar-refractivity contribution in [1.29, 1.82) is 0 Å². The zero-order chi connectivity index (χ0) is 36.5. The lowest BCUT2D eigenvalue weighted by molar-refractivity contribution is 0.414. The van der Waals surface area contributed by atoms with E-state index in [9.17, 15) is 9.59 Å². The molecule has 2 aromatic carbocycles. The van der Waals surface area contributed by atoms with Gasteiger partial charge in [0.25, 0.3) is 0 Å². The van der Waals surface area contributed by atoms with Gasteiger partial charge in [0.2, 0.25) is 0 Å². The summed E-state index contributed by atoms with van der Waals surface area (Å²) in [5.74, 6) is 2.42. The Balaban J connectivity index is 0.918. The van der Waals surface area contributed by atoms with Gasteiger partial charge in [-0.3, -0.25) is 9.36 Å². The van der Waals surface area contributed by atoms with Crippen LogP contribution in [0.2, 0.25) is 0 Å². The van der Waals surface area contributed by atoms with Gasteiger partial charge in [-0.1, -0.05) is 23.3 Å². The number of benzene rings is 2. The van der Waals surface area contributed by atoms with Crippen molar-refractivity contribution in [2.45, 2.75) is 65.7 Å². The van der Waals surface area contributed by atoms with Gasteiger partial charge in [-0.05, 0) is 86.3 Å². The molecule has 0 aliphatic heterocycles. The van der Waals surface area contributed by atoms with E-state index in [0.29, 0.717) is 36.1 Å². The smallest absolute Gasteiger partial charge is 0.367 e. The molecule has 0 saturated heterocycles. The van der Waals surface area contributed by atoms with E-state index in [1.807, 2.05) is 60.9 Å². The number of rotatable bonds is 17. The van der Waals surface area contributed by atoms with E-state index in [-0.39, 0.29) is 24.5 Å². The first-order valence-corrected chi connectivity index (χ1v) is 16.8. The largest absolute Gasteiger partial charge is 0.497 e. The van der Waals surface area contributed by atoms with Crippen molar-refractivity contribution in [1.82, 2.24) is 58.9 Å². The Kier molecular flexibility index (Phi) is 11.2. The normalized spacial score (nSPS) is 11.7. The lowest BCUT2D eigenvalue weighted by atomic mass is 10.2. The third-order valence-electron chi connectivity index (χ3n) is 8.14. The van der Waals surface area contributed by atoms with Gasteiger partial charge >= 0.3 is 11.4 Å². The quantitative estimate of drug-likeness (QED) is 0.101. The van der Waals surface area contributed by atoms with Gasteiger partial charge < -0.3 is 9.47 Å². The minimum absolute atomic E-state index is 0.194. The molecule has 270 valence electrons. The molecule has 0 amide bonds. The molecular formula is C34H40N14O4. The van der Waals surface area contributed by atoms with Crippen molar-refractivity contribution < 1.29 is 9.47 Å². The van der Waals surface area contributed by atoms with Crippen LogP contribution in [0.25, 0.3) is 0 Å². The molecular weight excluding hydrogens is 668 g/mol. The summed E-state index contributed by atoms with van der Waals surface area (Å²) in [5.41, 5.74) is 2.21. The van der Waals surface area contributed by atoms with E-state index >= 15 is 0 Å². The third-order valence-corrected chi connectivity index (χ3v) is 8.14. The van der Waals surface area contributed by atoms with Crippen molar-refractivity contribution in [2.24, 2.45) is 10.2 Å². The van der Waals surface area contributed by atoms with Gasteiger partial charge in [0.1, 0.15) is 22.9 Å². The predicted molar refractivity (Wildman–Crippen MR) is 191 cm³/mol. The van der Waals surface area contributed by atoms with Gasteiger partial charge in [0.05, 0.1) is 52.1 Å². The highest BCUT2D eigenvalue weighted by molar-refractivity contribution is 5.80. The second kappa shape index (κ2) is 16.5. The highest BCUT2D eigenvalue weighted by Crippen LogP contribution is 2.11. The number of aryl methyl sites for hydroxylation is 4. The van der Waals surface area contributed by atoms with E-state index in [1.54, 1.807) is 49.9 Å². The van der Waals surface area contributed by atoms with Crippen LogP contribution in [-0.4, -0.2) is 85.5 Å². The Labute approximate surface area is 298 Å². The molecule has 52 heavy (non-hydrogen) atoms. The Bertz CT molecular complexity index is 2090. The van der Waals surface area contributed by atoms with Crippen LogP contribution in [0.4, 0.5) is 0 Å². The summed E-state index contributed by atoms with van der Waals surface area (Å²) in [6.45, 7) is 5.26. The van der Waals surface area contributed by atoms with Crippen molar-refractivity contribution in [3.63, 3.8) is 0 Å². The molecule has 0 unspecified atom stereocenters. The zero-order valence-electron chi connectivity index (χ0n) is 29.5. The van der Waals surface area contributed by atoms with E-state index in [1.165, 1.54) is 18.7 Å². The molecule has 4 aromatic heterocycles. The molecule has 0 aliphatic rings. The lowest BCUT2D eigenvalue weighted by Crippen LogP contribution is -2.24. The number of methoxy groups -OCH3 is 2. The van der Waals surface area contributed by atoms with Crippen LogP contribution in [0.15, 0.2) is 80.7 Å². The predicted octanol–water partition coefficient (Wildman–Crippen LogP) is 2.34. The monoisotopic (exact) mass is 708 g/mol. The second-order valence-electron chi connectivity index (χ2n) is 12.0. The molecule has 18 heteroatoms. The zero-order valence-corrected chi connectivity index (χ0v) is 29.5. The van der Waals surface area contributed by atoms with Gasteiger partial charge in [0, 0.05) is 13.1 Å². The first-order valence-electron chi connectivity index (χ1n) is 16.8. The fourth-order valence-corrected chi connectivity index (χ4v) is 5.36. The van der Waals surface area contributed by atoms with Crippen LogP contribution in [0.5, 0.6) is 11.5 Å². The number of unbranched alkanes of at least 4 members (excludes halogenated alkanes) is 3. The minimum Gasteiger partial charge on any atom is -0.497 e. The molecule has 18 nitrogen and oxygen atoms in total. The molecule has 0 aliphatic carbocycles. The molecule has 0 radical (unpaired) electrons. The maximum absolute atomic E-state index is 12.9. The van der Waals surface area contributed by atoms with Crippen molar-refractivity contribution >= 4 is 12.4 Å². The highest BCUT2D eigenvalue weighted by atomic mass is 16.5. The maximum Gasteiger partial charge on any atom is 0.367 e. The summed E-state index contributed by atoms with van der Waals surface area (Å²) in [4.78, 5) is 25.9. The third kappa shape index (κ3) is 8.82. The fourth-order valence-electron chi connectivity index (χ4n) is 5.36. The number of hydrogen-bond donors (Lipinski definition) is 0. The summed E-state index contributed by atoms with van der Waals surface area (Å²) in [6.07, 6.45) is 10.7. The Morgan fingerprint density at radius 3 is 1.40 bits per heavy atom. The standard InChI is InChI=1S/C34H40N14O4/c1-25-39-45(33(49)47(25)35-19-27-9-13-31(51-3)14-10-27)23-29-21-43(41-37-29)17-7-5-6-8-18-44-22-30(38-42-44)24-46-34(50)48(26(2)40-46)36-20-28-11-15-32(52-4)16-12-28/h9-16,19-22H,5-8,17-18,23-24H2,1-4H3/b35-19+,36-20+. The SMILES string of the molecule is COc1ccc(/C=N/n2c(C)nn(Cc3cn(CCCCCCn4cc(Cn5nc(C)n(/N=C/c6ccc(OC)cc6)c5=O)nn4)nn3)c2=O)cc1. The highest BCUT2D eigenvalue weighted by Gasteiger charge is 2.13. The fraction of sp³-hybridized carbons (Fsp3) is 0.353. The number of hydrogen-bond acceptors (Lipinski definition) is 12. The maximum atomic E-state index is 12.9. The van der Waals surface area contributed by atoms with Crippen molar-refractivity contribution in [3.05, 3.63) is 116 Å². The number of nitrogens with zero attached hydrogens (tertiary/aromatic N) is 14. The summed E-state index contributed by atoms with van der Waals surface area (Å²) < 4.78 is 19.1. The molecule has 0 bridgehead atoms. The summed E-state index contributed by atoms with van der Waals surface area (Å²) in [5, 5.41) is 34.2. The second-order valence-corrected chi connectivity index (χ2v) is 12.0. The van der Waals surface area contributed by atoms with E-state index in [2.05, 4.69) is 41.0 Å². The van der Waals surface area contributed by atoms with Gasteiger partial charge in [0.15, 0.2) is 11.6 Å². The van der Waals surface area contributed by atoms with Crippen LogP contribution in [-0.2, 0) is 26.2 Å². The van der Waals surface area contributed by atoms with Crippen molar-refractivity contribution in [2.75, 3.05) is 14.2 Å². The molecule has 4 heterocycles. The van der Waals surface area contributed by atoms with Crippen LogP contribution in [0.1, 0.15) is 59.8 Å². The Morgan fingerprint density at radius 2 is 1.02 bits per heavy atom. The molecule has 0 fully saturated rings. The molecule has 6 aromatic rings. The molecule has 0 saturated carbocycles. The average Bonchev–Trinajstić information content (AvgIpc) is 3.92. The molecule has 0 spiro atoms. The van der Waals surface area contributed by atoms with Gasteiger partial charge in [-0.15, -0.1) is 10.2 Å². The number of aromatic nitrogens is 12. The Hall–Kier alpha value is -6.46. The van der Waals surface area contributed by atoms with Crippen LogP contribution >= 0.6 is 0 Å². The van der Waals surface area contributed by atoms with E-state index in [0.717, 1.165) is 48.3 Å². The summed E-state index contributed by atoms with van der Waals surface area (Å²) >= 11 is 0. The first-order chi connectivity index (χ1) is 25.3. The Morgan fingerprint density at radius 1 is 0.615 bits per heavy atom. The van der Waals surface area contributed by atoms with Crippen LogP contribution < -0.4 is 20.9 Å². The molecule has 6 rings (SSSR count). The van der Waals surface area contributed by atoms with Crippen molar-refractivity contribution in [3.8, 4) is 11.5 Å².